The van der Waals surface area contributed by atoms with Crippen LogP contribution in [0.4, 0.5) is 5.13 Å². The van der Waals surface area contributed by atoms with Crippen molar-refractivity contribution >= 4 is 28.3 Å². The number of aromatic nitrogens is 1. The molecule has 0 atom stereocenters. The Morgan fingerprint density at radius 3 is 2.46 bits per heavy atom. The van der Waals surface area contributed by atoms with Crippen LogP contribution in [0.1, 0.15) is 55.2 Å². The van der Waals surface area contributed by atoms with Crippen LogP contribution in [0.3, 0.4) is 0 Å². The Kier molecular flexibility index (Phi) is 7.33. The largest absolute Gasteiger partial charge is 0.327 e. The predicted octanol–water partition coefficient (Wildman–Crippen LogP) is 4.28. The number of carbonyl (C=O) groups is 2. The smallest absolute Gasteiger partial charge is 0.254 e. The number of hydrogen-bond acceptors (Lipinski definition) is 4. The third kappa shape index (κ3) is 5.66. The second-order valence-corrected chi connectivity index (χ2v) is 7.53. The first-order valence-corrected chi connectivity index (χ1v) is 9.90. The van der Waals surface area contributed by atoms with Gasteiger partial charge in [-0.05, 0) is 51.3 Å². The van der Waals surface area contributed by atoms with E-state index in [-0.39, 0.29) is 24.4 Å². The minimum atomic E-state index is -0.235. The molecule has 26 heavy (non-hydrogen) atoms. The van der Waals surface area contributed by atoms with Gasteiger partial charge in [0.15, 0.2) is 5.13 Å². The fraction of sp³-hybridized carbons (Fsp3) is 0.450. The summed E-state index contributed by atoms with van der Waals surface area (Å²) in [5.41, 5.74) is 2.71. The molecule has 1 aromatic carbocycles. The monoisotopic (exact) mass is 373 g/mol. The minimum absolute atomic E-state index is 0.00666. The van der Waals surface area contributed by atoms with Gasteiger partial charge < -0.3 is 10.2 Å². The quantitative estimate of drug-likeness (QED) is 0.751. The molecule has 2 amide bonds. The number of thiazole rings is 1. The van der Waals surface area contributed by atoms with Crippen LogP contribution < -0.4 is 5.32 Å². The number of nitrogens with zero attached hydrogens (tertiary/aromatic N) is 2. The molecule has 140 valence electrons. The molecule has 0 spiro atoms. The van der Waals surface area contributed by atoms with Crippen LogP contribution in [0, 0.1) is 6.92 Å². The zero-order valence-electron chi connectivity index (χ0n) is 15.9. The van der Waals surface area contributed by atoms with E-state index in [1.165, 1.54) is 16.9 Å². The van der Waals surface area contributed by atoms with Crippen molar-refractivity contribution in [2.75, 3.05) is 11.9 Å². The maximum absolute atomic E-state index is 12.8. The highest BCUT2D eigenvalue weighted by atomic mass is 32.1. The van der Waals surface area contributed by atoms with Crippen molar-refractivity contribution in [1.82, 2.24) is 9.88 Å². The summed E-state index contributed by atoms with van der Waals surface area (Å²) in [5, 5.41) is 5.20. The summed E-state index contributed by atoms with van der Waals surface area (Å²) in [6, 6.07) is 7.63. The van der Waals surface area contributed by atoms with Gasteiger partial charge in [0.1, 0.15) is 6.54 Å². The van der Waals surface area contributed by atoms with E-state index in [0.29, 0.717) is 10.7 Å². The van der Waals surface area contributed by atoms with Gasteiger partial charge in [0.25, 0.3) is 5.91 Å². The summed E-state index contributed by atoms with van der Waals surface area (Å²) in [4.78, 5) is 30.9. The van der Waals surface area contributed by atoms with Crippen molar-refractivity contribution in [3.8, 4) is 0 Å². The minimum Gasteiger partial charge on any atom is -0.327 e. The number of amides is 2. The van der Waals surface area contributed by atoms with E-state index in [1.807, 2.05) is 50.4 Å². The number of carbonyl (C=O) groups excluding carboxylic acids is 2. The van der Waals surface area contributed by atoms with Crippen LogP contribution in [0.5, 0.6) is 0 Å². The number of rotatable bonds is 8. The lowest BCUT2D eigenvalue weighted by molar-refractivity contribution is -0.117. The van der Waals surface area contributed by atoms with Crippen molar-refractivity contribution in [1.29, 1.82) is 0 Å². The Bertz CT molecular complexity index is 738. The van der Waals surface area contributed by atoms with Crippen molar-refractivity contribution in [3.63, 3.8) is 0 Å². The molecule has 0 saturated carbocycles. The molecule has 0 aliphatic heterocycles. The molecule has 2 aromatic rings. The second-order valence-electron chi connectivity index (χ2n) is 6.67. The zero-order chi connectivity index (χ0) is 19.1. The molecule has 1 aromatic heterocycles. The lowest BCUT2D eigenvalue weighted by Crippen LogP contribution is -2.42. The average Bonchev–Trinajstić information content (AvgIpc) is 3.02. The first-order chi connectivity index (χ1) is 12.4. The van der Waals surface area contributed by atoms with Gasteiger partial charge in [-0.15, -0.1) is 11.3 Å². The zero-order valence-corrected chi connectivity index (χ0v) is 16.7. The summed E-state index contributed by atoms with van der Waals surface area (Å²) in [7, 11) is 0. The van der Waals surface area contributed by atoms with Crippen molar-refractivity contribution in [2.24, 2.45) is 0 Å². The molecule has 1 heterocycles. The number of benzene rings is 1. The maximum Gasteiger partial charge on any atom is 0.254 e. The van der Waals surface area contributed by atoms with Crippen LogP contribution in [0.2, 0.25) is 0 Å². The highest BCUT2D eigenvalue weighted by molar-refractivity contribution is 7.13. The molecule has 0 fully saturated rings. The summed E-state index contributed by atoms with van der Waals surface area (Å²) in [5.74, 6) is -0.367. The summed E-state index contributed by atoms with van der Waals surface area (Å²) < 4.78 is 0. The molecule has 1 N–H and O–H groups in total. The van der Waals surface area contributed by atoms with Crippen LogP contribution >= 0.6 is 11.3 Å². The fourth-order valence-corrected chi connectivity index (χ4v) is 3.28. The van der Waals surface area contributed by atoms with Gasteiger partial charge >= 0.3 is 0 Å². The Balaban J connectivity index is 2.03. The third-order valence-electron chi connectivity index (χ3n) is 4.08. The number of hydrogen-bond donors (Lipinski definition) is 1. The van der Waals surface area contributed by atoms with E-state index >= 15 is 0 Å². The maximum atomic E-state index is 12.8. The Morgan fingerprint density at radius 2 is 1.92 bits per heavy atom. The average molecular weight is 374 g/mol. The van der Waals surface area contributed by atoms with E-state index in [4.69, 9.17) is 0 Å². The highest BCUT2D eigenvalue weighted by Crippen LogP contribution is 2.15. The SMILES string of the molecule is CCCCc1ccc(C(=O)N(CC(=O)Nc2nc(C)cs2)C(C)C)cc1. The fourth-order valence-electron chi connectivity index (χ4n) is 2.57. The lowest BCUT2D eigenvalue weighted by Gasteiger charge is -2.26. The second kappa shape index (κ2) is 9.48. The van der Waals surface area contributed by atoms with Gasteiger partial charge in [-0.3, -0.25) is 9.59 Å². The number of unbranched alkanes of at least 4 members (excludes halogenated alkanes) is 1. The standard InChI is InChI=1S/C20H27N3O2S/c1-5-6-7-16-8-10-17(11-9-16)19(25)23(14(2)3)12-18(24)22-20-21-15(4)13-26-20/h8-11,13-14H,5-7,12H2,1-4H3,(H,21,22,24). The first-order valence-electron chi connectivity index (χ1n) is 9.02. The molecule has 0 saturated heterocycles. The normalized spacial score (nSPS) is 10.8. The van der Waals surface area contributed by atoms with Gasteiger partial charge in [0.05, 0.1) is 5.69 Å². The van der Waals surface area contributed by atoms with Crippen LogP contribution in [0.25, 0.3) is 0 Å². The molecule has 0 aliphatic carbocycles. The van der Waals surface area contributed by atoms with Crippen LogP contribution in [-0.4, -0.2) is 34.3 Å². The van der Waals surface area contributed by atoms with Gasteiger partial charge in [-0.2, -0.15) is 0 Å². The molecule has 5 nitrogen and oxygen atoms in total. The predicted molar refractivity (Wildman–Crippen MR) is 107 cm³/mol. The molecule has 0 bridgehead atoms. The molecule has 0 aliphatic rings. The van der Waals surface area contributed by atoms with Gasteiger partial charge in [0, 0.05) is 17.0 Å². The highest BCUT2D eigenvalue weighted by Gasteiger charge is 2.22. The Hall–Kier alpha value is -2.21. The van der Waals surface area contributed by atoms with Crippen molar-refractivity contribution < 1.29 is 9.59 Å². The molecule has 0 radical (unpaired) electrons. The van der Waals surface area contributed by atoms with Crippen LogP contribution in [0.15, 0.2) is 29.6 Å². The Labute approximate surface area is 159 Å². The van der Waals surface area contributed by atoms with Gasteiger partial charge in [-0.25, -0.2) is 4.98 Å². The molecule has 2 rings (SSSR count). The van der Waals surface area contributed by atoms with E-state index in [2.05, 4.69) is 17.2 Å². The topological polar surface area (TPSA) is 62.3 Å². The van der Waals surface area contributed by atoms with Crippen LogP contribution in [-0.2, 0) is 11.2 Å². The van der Waals surface area contributed by atoms with Gasteiger partial charge in [0.2, 0.25) is 5.91 Å². The lowest BCUT2D eigenvalue weighted by atomic mass is 10.1. The van der Waals surface area contributed by atoms with Gasteiger partial charge in [-0.1, -0.05) is 25.5 Å². The van der Waals surface area contributed by atoms with Crippen molar-refractivity contribution in [3.05, 3.63) is 46.5 Å². The molecule has 0 unspecified atom stereocenters. The van der Waals surface area contributed by atoms with E-state index in [9.17, 15) is 9.59 Å². The van der Waals surface area contributed by atoms with E-state index in [0.717, 1.165) is 25.0 Å². The summed E-state index contributed by atoms with van der Waals surface area (Å²) >= 11 is 1.38. The molecule has 6 heteroatoms. The summed E-state index contributed by atoms with van der Waals surface area (Å²) in [6.45, 7) is 7.87. The molecular weight excluding hydrogens is 346 g/mol. The first kappa shape index (κ1) is 20.1. The van der Waals surface area contributed by atoms with Crippen molar-refractivity contribution in [2.45, 2.75) is 53.0 Å². The number of anilines is 1. The molecular formula is C20H27N3O2S. The number of nitrogens with one attached hydrogen (secondary N) is 1. The Morgan fingerprint density at radius 1 is 1.23 bits per heavy atom. The van der Waals surface area contributed by atoms with E-state index < -0.39 is 0 Å². The third-order valence-corrected chi connectivity index (χ3v) is 4.96. The summed E-state index contributed by atoms with van der Waals surface area (Å²) in [6.07, 6.45) is 3.31. The number of aryl methyl sites for hydroxylation is 2. The van der Waals surface area contributed by atoms with E-state index in [1.54, 1.807) is 4.90 Å².